The van der Waals surface area contributed by atoms with Gasteiger partial charge in [0.25, 0.3) is 0 Å². The topological polar surface area (TPSA) is 244 Å². The van der Waals surface area contributed by atoms with E-state index in [0.717, 1.165) is 41.5 Å². The van der Waals surface area contributed by atoms with Gasteiger partial charge >= 0.3 is 41.8 Å². The fraction of sp³-hybridized carbons (Fsp3) is 0.639. The summed E-state index contributed by atoms with van der Waals surface area (Å²) in [6.07, 6.45) is -7.18. The highest BCUT2D eigenvalue weighted by Crippen LogP contribution is 2.68. The molecule has 2 aliphatic carbocycles. The van der Waals surface area contributed by atoms with E-state index >= 15 is 4.79 Å². The Labute approximate surface area is 309 Å². The lowest BCUT2D eigenvalue weighted by Gasteiger charge is -2.65. The Morgan fingerprint density at radius 1 is 0.870 bits per heavy atom. The lowest BCUT2D eigenvalue weighted by Crippen LogP contribution is -2.88. The van der Waals surface area contributed by atoms with Gasteiger partial charge in [-0.3, -0.25) is 38.5 Å². The van der Waals surface area contributed by atoms with E-state index < -0.39 is 125 Å². The van der Waals surface area contributed by atoms with Crippen molar-refractivity contribution in [1.82, 2.24) is 4.98 Å². The SMILES string of the molecule is CC(=O)OC[C@]12[C@H](OC(C)=O)[C@@H](OC(C)=O)[C@@H]3C(=O)[C@@]14O[C@@]3(C)COC(=O)c1cnccc1CCC(C)C(=O)O[C@@H]([C@H](OC(C)=O)[C@@H]2OC(C)=O)[C@]4(C)O. The molecule has 0 aromatic carbocycles. The summed E-state index contributed by atoms with van der Waals surface area (Å²) >= 11 is 0. The third kappa shape index (κ3) is 6.37. The highest BCUT2D eigenvalue weighted by atomic mass is 16.7. The van der Waals surface area contributed by atoms with E-state index in [2.05, 4.69) is 4.98 Å². The summed E-state index contributed by atoms with van der Waals surface area (Å²) in [4.78, 5) is 112. The summed E-state index contributed by atoms with van der Waals surface area (Å²) < 4.78 is 47.1. The van der Waals surface area contributed by atoms with Gasteiger partial charge in [0.15, 0.2) is 41.9 Å². The zero-order valence-corrected chi connectivity index (χ0v) is 31.0. The molecule has 54 heavy (non-hydrogen) atoms. The number of rotatable bonds is 6. The monoisotopic (exact) mass is 761 g/mol. The fourth-order valence-corrected chi connectivity index (χ4v) is 8.58. The Kier molecular flexibility index (Phi) is 10.7. The molecule has 2 aliphatic heterocycles. The van der Waals surface area contributed by atoms with Gasteiger partial charge < -0.3 is 43.0 Å². The van der Waals surface area contributed by atoms with Crippen LogP contribution in [0.15, 0.2) is 18.5 Å². The van der Waals surface area contributed by atoms with Gasteiger partial charge in [-0.1, -0.05) is 6.92 Å². The number of hydrogen-bond donors (Lipinski definition) is 1. The Morgan fingerprint density at radius 2 is 1.44 bits per heavy atom. The molecule has 3 fully saturated rings. The Balaban J connectivity index is 1.93. The van der Waals surface area contributed by atoms with Crippen LogP contribution in [0.4, 0.5) is 0 Å². The molecule has 18 heteroatoms. The molecule has 1 unspecified atom stereocenters. The van der Waals surface area contributed by atoms with Crippen molar-refractivity contribution in [3.8, 4) is 0 Å². The number of nitrogens with zero attached hydrogens (tertiary/aromatic N) is 1. The summed E-state index contributed by atoms with van der Waals surface area (Å²) in [7, 11) is 0. The third-order valence-electron chi connectivity index (χ3n) is 10.7. The first-order valence-corrected chi connectivity index (χ1v) is 17.2. The molecular formula is C36H43NO17. The van der Waals surface area contributed by atoms with Crippen LogP contribution in [0.1, 0.15) is 77.7 Å². The van der Waals surface area contributed by atoms with Crippen LogP contribution in [0, 0.1) is 17.3 Å². The first kappa shape index (κ1) is 40.2. The van der Waals surface area contributed by atoms with Crippen molar-refractivity contribution >= 4 is 47.6 Å². The van der Waals surface area contributed by atoms with Gasteiger partial charge in [-0.2, -0.15) is 0 Å². The number of pyridine rings is 1. The maximum Gasteiger partial charge on any atom is 0.340 e. The van der Waals surface area contributed by atoms with Crippen molar-refractivity contribution in [2.24, 2.45) is 17.3 Å². The summed E-state index contributed by atoms with van der Waals surface area (Å²) in [5, 5.41) is 13.0. The summed E-state index contributed by atoms with van der Waals surface area (Å²) in [6, 6.07) is 1.55. The van der Waals surface area contributed by atoms with Crippen molar-refractivity contribution in [3.05, 3.63) is 29.6 Å². The number of hydrogen-bond acceptors (Lipinski definition) is 18. The number of aromatic nitrogens is 1. The lowest BCUT2D eigenvalue weighted by atomic mass is 9.45. The Bertz CT molecular complexity index is 1770. The van der Waals surface area contributed by atoms with E-state index in [9.17, 15) is 38.7 Å². The molecule has 5 rings (SSSR count). The molecule has 0 radical (unpaired) electrons. The molecule has 1 spiro atoms. The minimum Gasteiger partial charge on any atom is -0.465 e. The lowest BCUT2D eigenvalue weighted by molar-refractivity contribution is -0.356. The largest absolute Gasteiger partial charge is 0.465 e. The minimum absolute atomic E-state index is 0.0242. The average molecular weight is 762 g/mol. The van der Waals surface area contributed by atoms with Crippen molar-refractivity contribution in [2.45, 2.75) is 116 Å². The number of aliphatic hydroxyl groups is 1. The average Bonchev–Trinajstić information content (AvgIpc) is 3.27. The number of cyclic esters (lactones) is 1. The van der Waals surface area contributed by atoms with Gasteiger partial charge in [0.05, 0.1) is 17.4 Å². The quantitative estimate of drug-likeness (QED) is 0.306. The number of ketones is 1. The van der Waals surface area contributed by atoms with Gasteiger partial charge in [0.1, 0.15) is 29.8 Å². The highest BCUT2D eigenvalue weighted by Gasteiger charge is 2.91. The Hall–Kier alpha value is -4.97. The summed E-state index contributed by atoms with van der Waals surface area (Å²) in [5.41, 5.74) is -10.1. The first-order valence-electron chi connectivity index (χ1n) is 17.2. The molecule has 1 aromatic heterocycles. The normalized spacial score (nSPS) is 37.3. The van der Waals surface area contributed by atoms with Crippen LogP contribution in [-0.4, -0.2) is 118 Å². The van der Waals surface area contributed by atoms with E-state index in [4.69, 9.17) is 37.9 Å². The second-order valence-corrected chi connectivity index (χ2v) is 14.5. The van der Waals surface area contributed by atoms with Crippen LogP contribution >= 0.6 is 0 Å². The molecule has 4 aliphatic rings. The van der Waals surface area contributed by atoms with Crippen LogP contribution in [0.3, 0.4) is 0 Å². The summed E-state index contributed by atoms with van der Waals surface area (Å²) in [5.74, 6) is -10.8. The van der Waals surface area contributed by atoms with Crippen molar-refractivity contribution in [1.29, 1.82) is 0 Å². The number of fused-ring (bicyclic) bond motifs is 5. The molecule has 4 bridgehead atoms. The molecular weight excluding hydrogens is 718 g/mol. The van der Waals surface area contributed by atoms with Gasteiger partial charge in [0.2, 0.25) is 0 Å². The second kappa shape index (κ2) is 14.4. The smallest absolute Gasteiger partial charge is 0.340 e. The van der Waals surface area contributed by atoms with Crippen LogP contribution < -0.4 is 0 Å². The number of ether oxygens (including phenoxy) is 8. The number of aryl methyl sites for hydroxylation is 1. The van der Waals surface area contributed by atoms with Crippen LogP contribution in [-0.2, 0) is 77.9 Å². The van der Waals surface area contributed by atoms with Gasteiger partial charge in [0, 0.05) is 47.0 Å². The van der Waals surface area contributed by atoms with E-state index in [1.807, 2.05) is 0 Å². The van der Waals surface area contributed by atoms with Crippen LogP contribution in [0.2, 0.25) is 0 Å². The first-order chi connectivity index (χ1) is 25.1. The van der Waals surface area contributed by atoms with Gasteiger partial charge in [-0.15, -0.1) is 0 Å². The van der Waals surface area contributed by atoms with E-state index in [1.165, 1.54) is 26.2 Å². The van der Waals surface area contributed by atoms with E-state index in [0.29, 0.717) is 5.56 Å². The number of Topliss-reactive ketones (excluding diaryl/α,β-unsaturated/α-hetero) is 1. The zero-order chi connectivity index (χ0) is 40.1. The van der Waals surface area contributed by atoms with Crippen molar-refractivity contribution in [3.63, 3.8) is 0 Å². The maximum atomic E-state index is 15.5. The maximum absolute atomic E-state index is 15.5. The molecule has 0 amide bonds. The zero-order valence-electron chi connectivity index (χ0n) is 31.0. The van der Waals surface area contributed by atoms with Gasteiger partial charge in [-0.05, 0) is 38.3 Å². The third-order valence-corrected chi connectivity index (χ3v) is 10.7. The van der Waals surface area contributed by atoms with Crippen molar-refractivity contribution in [2.75, 3.05) is 13.2 Å². The molecule has 2 saturated carbocycles. The number of carbonyl (C=O) groups is 8. The van der Waals surface area contributed by atoms with Crippen molar-refractivity contribution < 1.29 is 81.4 Å². The predicted molar refractivity (Wildman–Crippen MR) is 175 cm³/mol. The molecule has 3 heterocycles. The molecule has 1 saturated heterocycles. The number of esters is 7. The molecule has 1 aromatic rings. The molecule has 294 valence electrons. The second-order valence-electron chi connectivity index (χ2n) is 14.5. The predicted octanol–water partition coefficient (Wildman–Crippen LogP) is 0.500. The number of carbonyl (C=O) groups excluding carboxylic acids is 8. The molecule has 11 atom stereocenters. The van der Waals surface area contributed by atoms with Gasteiger partial charge in [-0.25, -0.2) is 4.79 Å². The molecule has 18 nitrogen and oxygen atoms in total. The highest BCUT2D eigenvalue weighted by molar-refractivity contribution is 5.98. The minimum atomic E-state index is -2.91. The van der Waals surface area contributed by atoms with E-state index in [1.54, 1.807) is 6.07 Å². The summed E-state index contributed by atoms with van der Waals surface area (Å²) in [6.45, 7) is 6.86. The van der Waals surface area contributed by atoms with Crippen LogP contribution in [0.5, 0.6) is 0 Å². The van der Waals surface area contributed by atoms with Crippen LogP contribution in [0.25, 0.3) is 0 Å². The Morgan fingerprint density at radius 3 is 2.02 bits per heavy atom. The van der Waals surface area contributed by atoms with E-state index in [-0.39, 0.29) is 18.4 Å². The fourth-order valence-electron chi connectivity index (χ4n) is 8.58. The molecule has 1 N–H and O–H groups in total. The standard InChI is InChI=1S/C36H43NO17/c1-16-9-10-22-11-12-37-13-23(22)32(45)48-14-33(7)24-25(49-18(3)39)29(51-20(5)41)35(15-47-17(2)38)30(52-21(6)42)26(50-19(4)40)28(53-31(16)44)34(8,46)36(35,54-33)27(24)43/h11-13,16,24-26,28-30,46H,9-10,14-15H2,1-8H3/t16?,24-,25+,26+,28+,29-,30+,33+,34+,35-,36+/m1/s1.